The van der Waals surface area contributed by atoms with Gasteiger partial charge in [-0.1, -0.05) is 18.2 Å². The van der Waals surface area contributed by atoms with E-state index in [9.17, 15) is 0 Å². The van der Waals surface area contributed by atoms with Gasteiger partial charge in [0.05, 0.1) is 19.8 Å². The Balaban J connectivity index is 1.75. The van der Waals surface area contributed by atoms with Crippen molar-refractivity contribution in [2.45, 2.75) is 32.9 Å². The van der Waals surface area contributed by atoms with Crippen LogP contribution < -0.4 is 10.1 Å². The normalized spacial score (nSPS) is 19.9. The van der Waals surface area contributed by atoms with Crippen LogP contribution >= 0.6 is 0 Å². The van der Waals surface area contributed by atoms with E-state index in [0.29, 0.717) is 18.7 Å². The van der Waals surface area contributed by atoms with Gasteiger partial charge in [-0.15, -0.1) is 0 Å². The van der Waals surface area contributed by atoms with Crippen LogP contribution in [0.25, 0.3) is 0 Å². The van der Waals surface area contributed by atoms with Crippen LogP contribution in [-0.4, -0.2) is 81.4 Å². The third-order valence-electron chi connectivity index (χ3n) is 4.89. The maximum Gasteiger partial charge on any atom is 0.193 e. The lowest BCUT2D eigenvalue weighted by Gasteiger charge is -2.38. The second-order valence-corrected chi connectivity index (χ2v) is 6.97. The summed E-state index contributed by atoms with van der Waals surface area (Å²) in [7, 11) is 3.86. The lowest BCUT2D eigenvalue weighted by molar-refractivity contribution is -0.0175. The Bertz CT molecular complexity index is 579. The monoisotopic (exact) mass is 362 g/mol. The molecule has 1 aliphatic rings. The third-order valence-corrected chi connectivity index (χ3v) is 4.89. The van der Waals surface area contributed by atoms with Gasteiger partial charge in [-0.2, -0.15) is 0 Å². The average Bonchev–Trinajstić information content (AvgIpc) is 2.64. The fourth-order valence-electron chi connectivity index (χ4n) is 3.25. The van der Waals surface area contributed by atoms with Crippen LogP contribution in [0.1, 0.15) is 19.4 Å². The van der Waals surface area contributed by atoms with Crippen molar-refractivity contribution in [3.63, 3.8) is 0 Å². The summed E-state index contributed by atoms with van der Waals surface area (Å²) in [6.45, 7) is 11.4. The Kier molecular flexibility index (Phi) is 8.19. The van der Waals surface area contributed by atoms with E-state index in [4.69, 9.17) is 9.47 Å². The van der Waals surface area contributed by atoms with Crippen LogP contribution in [0.2, 0.25) is 0 Å². The smallest absolute Gasteiger partial charge is 0.193 e. The first-order valence-corrected chi connectivity index (χ1v) is 9.46. The van der Waals surface area contributed by atoms with Gasteiger partial charge < -0.3 is 19.7 Å². The molecule has 0 spiro atoms. The second-order valence-electron chi connectivity index (χ2n) is 6.97. The number of nitrogens with zero attached hydrogens (tertiary/aromatic N) is 3. The summed E-state index contributed by atoms with van der Waals surface area (Å²) in [5.41, 5.74) is 1.16. The number of aliphatic imine (C=N–C) groups is 1. The van der Waals surface area contributed by atoms with E-state index in [2.05, 4.69) is 46.9 Å². The molecule has 1 heterocycles. The number of guanidine groups is 1. The summed E-state index contributed by atoms with van der Waals surface area (Å²) in [5, 5.41) is 3.48. The van der Waals surface area contributed by atoms with E-state index in [1.165, 1.54) is 0 Å². The standard InChI is InChI=1S/C20H34N4O2/c1-16-8-6-7-9-19(16)26-13-10-23(5)20(21-4)22-14-17(2)24-11-12-25-15-18(24)3/h6-9,17-18H,10-15H2,1-5H3,(H,21,22). The van der Waals surface area contributed by atoms with Crippen LogP contribution in [0.4, 0.5) is 0 Å². The molecule has 1 N–H and O–H groups in total. The van der Waals surface area contributed by atoms with E-state index >= 15 is 0 Å². The van der Waals surface area contributed by atoms with Gasteiger partial charge in [0, 0.05) is 39.3 Å². The number of rotatable bonds is 7. The first-order valence-electron chi connectivity index (χ1n) is 9.46. The predicted octanol–water partition coefficient (Wildman–Crippen LogP) is 1.99. The van der Waals surface area contributed by atoms with E-state index < -0.39 is 0 Å². The van der Waals surface area contributed by atoms with Gasteiger partial charge in [-0.3, -0.25) is 9.89 Å². The first kappa shape index (κ1) is 20.5. The highest BCUT2D eigenvalue weighted by molar-refractivity contribution is 5.79. The van der Waals surface area contributed by atoms with Gasteiger partial charge in [-0.25, -0.2) is 0 Å². The number of likely N-dealkylation sites (N-methyl/N-ethyl adjacent to an activating group) is 1. The molecule has 1 fully saturated rings. The SMILES string of the molecule is CN=C(NCC(C)N1CCOCC1C)N(C)CCOc1ccccc1C. The Hall–Kier alpha value is -1.79. The quantitative estimate of drug-likeness (QED) is 0.594. The number of benzene rings is 1. The lowest BCUT2D eigenvalue weighted by Crippen LogP contribution is -2.53. The van der Waals surface area contributed by atoms with Crippen molar-refractivity contribution in [1.82, 2.24) is 15.1 Å². The molecular formula is C20H34N4O2. The molecule has 1 aliphatic heterocycles. The molecule has 26 heavy (non-hydrogen) atoms. The number of hydrogen-bond acceptors (Lipinski definition) is 4. The molecule has 6 nitrogen and oxygen atoms in total. The Morgan fingerprint density at radius 3 is 2.92 bits per heavy atom. The molecule has 0 radical (unpaired) electrons. The molecular weight excluding hydrogens is 328 g/mol. The number of hydrogen-bond donors (Lipinski definition) is 1. The van der Waals surface area contributed by atoms with Crippen molar-refractivity contribution in [1.29, 1.82) is 0 Å². The van der Waals surface area contributed by atoms with Crippen molar-refractivity contribution < 1.29 is 9.47 Å². The molecule has 1 aromatic carbocycles. The number of para-hydroxylation sites is 1. The van der Waals surface area contributed by atoms with Crippen molar-refractivity contribution in [2.75, 3.05) is 53.6 Å². The molecule has 0 aromatic heterocycles. The summed E-state index contributed by atoms with van der Waals surface area (Å²) in [6, 6.07) is 8.99. The number of nitrogens with one attached hydrogen (secondary N) is 1. The summed E-state index contributed by atoms with van der Waals surface area (Å²) in [6.07, 6.45) is 0. The second kappa shape index (κ2) is 10.4. The van der Waals surface area contributed by atoms with Gasteiger partial charge in [0.1, 0.15) is 12.4 Å². The molecule has 1 saturated heterocycles. The molecule has 1 aromatic rings. The summed E-state index contributed by atoms with van der Waals surface area (Å²) < 4.78 is 11.4. The van der Waals surface area contributed by atoms with Crippen LogP contribution in [-0.2, 0) is 4.74 Å². The molecule has 2 unspecified atom stereocenters. The zero-order valence-corrected chi connectivity index (χ0v) is 16.9. The highest BCUT2D eigenvalue weighted by Gasteiger charge is 2.23. The zero-order chi connectivity index (χ0) is 18.9. The van der Waals surface area contributed by atoms with E-state index in [0.717, 1.165) is 50.1 Å². The van der Waals surface area contributed by atoms with E-state index in [1.54, 1.807) is 0 Å². The first-order chi connectivity index (χ1) is 12.5. The Morgan fingerprint density at radius 2 is 2.23 bits per heavy atom. The fourth-order valence-corrected chi connectivity index (χ4v) is 3.25. The van der Waals surface area contributed by atoms with Crippen LogP contribution in [0.3, 0.4) is 0 Å². The van der Waals surface area contributed by atoms with Gasteiger partial charge in [-0.05, 0) is 32.4 Å². The molecule has 2 rings (SSSR count). The summed E-state index contributed by atoms with van der Waals surface area (Å²) >= 11 is 0. The summed E-state index contributed by atoms with van der Waals surface area (Å²) in [5.74, 6) is 1.84. The van der Waals surface area contributed by atoms with E-state index in [1.807, 2.05) is 32.3 Å². The number of morpholine rings is 1. The molecule has 2 atom stereocenters. The van der Waals surface area contributed by atoms with E-state index in [-0.39, 0.29) is 0 Å². The minimum atomic E-state index is 0.433. The summed E-state index contributed by atoms with van der Waals surface area (Å²) in [4.78, 5) is 9.00. The largest absolute Gasteiger partial charge is 0.491 e. The molecule has 0 aliphatic carbocycles. The van der Waals surface area contributed by atoms with Crippen LogP contribution in [0.15, 0.2) is 29.3 Å². The third kappa shape index (κ3) is 5.88. The molecule has 0 bridgehead atoms. The Labute approximate surface area is 158 Å². The van der Waals surface area contributed by atoms with Crippen molar-refractivity contribution in [3.05, 3.63) is 29.8 Å². The van der Waals surface area contributed by atoms with Gasteiger partial charge in [0.2, 0.25) is 0 Å². The number of aryl methyl sites for hydroxylation is 1. The predicted molar refractivity (Wildman–Crippen MR) is 107 cm³/mol. The maximum absolute atomic E-state index is 5.89. The van der Waals surface area contributed by atoms with Crippen molar-refractivity contribution in [3.8, 4) is 5.75 Å². The van der Waals surface area contributed by atoms with Crippen molar-refractivity contribution >= 4 is 5.96 Å². The van der Waals surface area contributed by atoms with Crippen LogP contribution in [0, 0.1) is 6.92 Å². The minimum Gasteiger partial charge on any atom is -0.491 e. The molecule has 6 heteroatoms. The zero-order valence-electron chi connectivity index (χ0n) is 16.9. The molecule has 146 valence electrons. The average molecular weight is 363 g/mol. The van der Waals surface area contributed by atoms with Gasteiger partial charge >= 0.3 is 0 Å². The Morgan fingerprint density at radius 1 is 1.46 bits per heavy atom. The fraction of sp³-hybridized carbons (Fsp3) is 0.650. The highest BCUT2D eigenvalue weighted by Crippen LogP contribution is 2.15. The minimum absolute atomic E-state index is 0.433. The van der Waals surface area contributed by atoms with Crippen LogP contribution in [0.5, 0.6) is 5.75 Å². The lowest BCUT2D eigenvalue weighted by atomic mass is 10.2. The van der Waals surface area contributed by atoms with Crippen molar-refractivity contribution in [2.24, 2.45) is 4.99 Å². The van der Waals surface area contributed by atoms with Gasteiger partial charge in [0.15, 0.2) is 5.96 Å². The molecule has 0 saturated carbocycles. The topological polar surface area (TPSA) is 49.3 Å². The molecule has 0 amide bonds. The number of ether oxygens (including phenoxy) is 2. The van der Waals surface area contributed by atoms with Gasteiger partial charge in [0.25, 0.3) is 0 Å². The maximum atomic E-state index is 5.89. The highest BCUT2D eigenvalue weighted by atomic mass is 16.5.